The predicted octanol–water partition coefficient (Wildman–Crippen LogP) is 1.58. The van der Waals surface area contributed by atoms with Gasteiger partial charge in [0.25, 0.3) is 11.6 Å². The molecule has 3 atom stereocenters. The summed E-state index contributed by atoms with van der Waals surface area (Å²) in [4.78, 5) is 25.1. The van der Waals surface area contributed by atoms with Crippen molar-refractivity contribution in [3.63, 3.8) is 0 Å². The lowest BCUT2D eigenvalue weighted by molar-refractivity contribution is -0.385. The molecule has 3 rings (SSSR count). The minimum absolute atomic E-state index is 0.00885. The third kappa shape index (κ3) is 2.29. The van der Waals surface area contributed by atoms with E-state index in [-0.39, 0.29) is 17.6 Å². The Morgan fingerprint density at radius 1 is 1.43 bits per heavy atom. The molecule has 0 saturated carbocycles. The maximum Gasteiger partial charge on any atom is 0.273 e. The number of hydrogen-bond acceptors (Lipinski definition) is 4. The van der Waals surface area contributed by atoms with E-state index in [4.69, 9.17) is 0 Å². The van der Waals surface area contributed by atoms with E-state index in [9.17, 15) is 14.9 Å². The van der Waals surface area contributed by atoms with E-state index in [1.54, 1.807) is 19.1 Å². The number of carbonyl (C=O) groups is 1. The lowest BCUT2D eigenvalue weighted by Gasteiger charge is -2.24. The summed E-state index contributed by atoms with van der Waals surface area (Å²) in [6, 6.07) is 4.91. The highest BCUT2D eigenvalue weighted by Crippen LogP contribution is 2.33. The average Bonchev–Trinajstić information content (AvgIpc) is 3.02. The van der Waals surface area contributed by atoms with Gasteiger partial charge in [0, 0.05) is 42.9 Å². The van der Waals surface area contributed by atoms with Gasteiger partial charge < -0.3 is 10.2 Å². The van der Waals surface area contributed by atoms with E-state index in [2.05, 4.69) is 12.2 Å². The van der Waals surface area contributed by atoms with Crippen molar-refractivity contribution in [1.29, 1.82) is 0 Å². The number of benzene rings is 1. The molecule has 0 radical (unpaired) electrons. The van der Waals surface area contributed by atoms with Gasteiger partial charge in [0.15, 0.2) is 0 Å². The van der Waals surface area contributed by atoms with Crippen LogP contribution in [0.5, 0.6) is 0 Å². The van der Waals surface area contributed by atoms with Crippen LogP contribution in [0.25, 0.3) is 0 Å². The summed E-state index contributed by atoms with van der Waals surface area (Å²) in [6.07, 6.45) is 0. The fourth-order valence-electron chi connectivity index (χ4n) is 3.54. The molecule has 112 valence electrons. The molecule has 6 nitrogen and oxygen atoms in total. The van der Waals surface area contributed by atoms with Crippen molar-refractivity contribution in [3.05, 3.63) is 39.4 Å². The highest BCUT2D eigenvalue weighted by atomic mass is 16.6. The van der Waals surface area contributed by atoms with Gasteiger partial charge in [0.05, 0.1) is 4.92 Å². The molecule has 3 unspecified atom stereocenters. The number of nitrogens with zero attached hydrogens (tertiary/aromatic N) is 2. The summed E-state index contributed by atoms with van der Waals surface area (Å²) in [6.45, 7) is 6.38. The van der Waals surface area contributed by atoms with Crippen molar-refractivity contribution in [1.82, 2.24) is 10.2 Å². The molecule has 0 spiro atoms. The van der Waals surface area contributed by atoms with Crippen molar-refractivity contribution in [2.75, 3.05) is 19.6 Å². The first-order valence-corrected chi connectivity index (χ1v) is 7.25. The Kier molecular flexibility index (Phi) is 3.41. The number of nitrogens with one attached hydrogen (secondary N) is 1. The number of carbonyl (C=O) groups excluding carboxylic acids is 1. The van der Waals surface area contributed by atoms with Gasteiger partial charge in [-0.25, -0.2) is 0 Å². The highest BCUT2D eigenvalue weighted by molar-refractivity contribution is 5.95. The van der Waals surface area contributed by atoms with Gasteiger partial charge in [-0.15, -0.1) is 0 Å². The molecule has 1 aromatic carbocycles. The van der Waals surface area contributed by atoms with Crippen LogP contribution in [0.3, 0.4) is 0 Å². The largest absolute Gasteiger partial charge is 0.335 e. The molecule has 0 aliphatic carbocycles. The summed E-state index contributed by atoms with van der Waals surface area (Å²) in [5, 5.41) is 14.4. The summed E-state index contributed by atoms with van der Waals surface area (Å²) in [7, 11) is 0. The van der Waals surface area contributed by atoms with Crippen LogP contribution in [0, 0.1) is 28.9 Å². The molecule has 1 N–H and O–H groups in total. The Morgan fingerprint density at radius 3 is 2.86 bits per heavy atom. The Morgan fingerprint density at radius 2 is 2.19 bits per heavy atom. The summed E-state index contributed by atoms with van der Waals surface area (Å²) < 4.78 is 0. The summed E-state index contributed by atoms with van der Waals surface area (Å²) in [5.41, 5.74) is 0.994. The zero-order valence-electron chi connectivity index (χ0n) is 12.2. The predicted molar refractivity (Wildman–Crippen MR) is 78.2 cm³/mol. The van der Waals surface area contributed by atoms with Crippen LogP contribution in [-0.2, 0) is 0 Å². The number of amides is 1. The van der Waals surface area contributed by atoms with E-state index in [0.29, 0.717) is 23.0 Å². The smallest absolute Gasteiger partial charge is 0.273 e. The molecule has 2 aliphatic rings. The Labute approximate surface area is 123 Å². The van der Waals surface area contributed by atoms with Crippen LogP contribution < -0.4 is 5.32 Å². The zero-order valence-corrected chi connectivity index (χ0v) is 12.2. The Hall–Kier alpha value is -1.95. The zero-order chi connectivity index (χ0) is 15.1. The minimum Gasteiger partial charge on any atom is -0.335 e. The van der Waals surface area contributed by atoms with Gasteiger partial charge in [-0.05, 0) is 31.7 Å². The average molecular weight is 289 g/mol. The molecule has 6 heteroatoms. The Balaban J connectivity index is 1.86. The summed E-state index contributed by atoms with van der Waals surface area (Å²) in [5.74, 6) is 0.902. The quantitative estimate of drug-likeness (QED) is 0.662. The Bertz CT molecular complexity index is 602. The molecular formula is C15H19N3O3. The second-order valence-corrected chi connectivity index (χ2v) is 6.04. The van der Waals surface area contributed by atoms with Crippen molar-refractivity contribution < 1.29 is 9.72 Å². The SMILES string of the molecule is Cc1ccc(C(=O)N2CC3CNCC3C2C)cc1[N+](=O)[O-]. The number of aryl methyl sites for hydroxylation is 1. The number of likely N-dealkylation sites (tertiary alicyclic amines) is 1. The van der Waals surface area contributed by atoms with Crippen molar-refractivity contribution in [3.8, 4) is 0 Å². The van der Waals surface area contributed by atoms with E-state index in [1.165, 1.54) is 6.07 Å². The normalized spacial score (nSPS) is 27.7. The van der Waals surface area contributed by atoms with Crippen LogP contribution >= 0.6 is 0 Å². The van der Waals surface area contributed by atoms with Crippen LogP contribution in [0.15, 0.2) is 18.2 Å². The highest BCUT2D eigenvalue weighted by Gasteiger charge is 2.43. The molecule has 1 amide bonds. The van der Waals surface area contributed by atoms with E-state index in [1.807, 2.05) is 4.90 Å². The molecule has 0 bridgehead atoms. The summed E-state index contributed by atoms with van der Waals surface area (Å²) >= 11 is 0. The molecule has 1 aromatic rings. The molecule has 2 saturated heterocycles. The van der Waals surface area contributed by atoms with Crippen LogP contribution in [0.1, 0.15) is 22.8 Å². The third-order valence-corrected chi connectivity index (χ3v) is 4.85. The fraction of sp³-hybridized carbons (Fsp3) is 0.533. The number of hydrogen-bond donors (Lipinski definition) is 1. The first-order valence-electron chi connectivity index (χ1n) is 7.25. The maximum absolute atomic E-state index is 12.7. The molecule has 2 aliphatic heterocycles. The lowest BCUT2D eigenvalue weighted by Crippen LogP contribution is -2.38. The fourth-order valence-corrected chi connectivity index (χ4v) is 3.54. The van der Waals surface area contributed by atoms with E-state index >= 15 is 0 Å². The van der Waals surface area contributed by atoms with Gasteiger partial charge in [-0.1, -0.05) is 6.07 Å². The van der Waals surface area contributed by atoms with Crippen molar-refractivity contribution >= 4 is 11.6 Å². The van der Waals surface area contributed by atoms with Gasteiger partial charge in [-0.2, -0.15) is 0 Å². The topological polar surface area (TPSA) is 75.5 Å². The van der Waals surface area contributed by atoms with Crippen LogP contribution in [-0.4, -0.2) is 41.4 Å². The maximum atomic E-state index is 12.7. The lowest BCUT2D eigenvalue weighted by atomic mass is 9.95. The van der Waals surface area contributed by atoms with Crippen molar-refractivity contribution in [2.45, 2.75) is 19.9 Å². The monoisotopic (exact) mass is 289 g/mol. The standard InChI is InChI=1S/C15H19N3O3/c1-9-3-4-11(5-14(9)18(20)21)15(19)17-8-12-6-16-7-13(12)10(17)2/h3-5,10,12-13,16H,6-8H2,1-2H3. The minimum atomic E-state index is -0.432. The van der Waals surface area contributed by atoms with Gasteiger partial charge in [0.1, 0.15) is 0 Å². The van der Waals surface area contributed by atoms with E-state index in [0.717, 1.165) is 19.6 Å². The number of fused-ring (bicyclic) bond motifs is 1. The number of nitro benzene ring substituents is 1. The first-order chi connectivity index (χ1) is 9.99. The second-order valence-electron chi connectivity index (χ2n) is 6.04. The van der Waals surface area contributed by atoms with Crippen LogP contribution in [0.2, 0.25) is 0 Å². The molecule has 21 heavy (non-hydrogen) atoms. The van der Waals surface area contributed by atoms with Gasteiger partial charge >= 0.3 is 0 Å². The van der Waals surface area contributed by atoms with Gasteiger partial charge in [-0.3, -0.25) is 14.9 Å². The molecular weight excluding hydrogens is 270 g/mol. The molecule has 2 heterocycles. The molecule has 2 fully saturated rings. The first kappa shape index (κ1) is 14.0. The van der Waals surface area contributed by atoms with Crippen LogP contribution in [0.4, 0.5) is 5.69 Å². The van der Waals surface area contributed by atoms with Crippen molar-refractivity contribution in [2.24, 2.45) is 11.8 Å². The number of nitro groups is 1. The second kappa shape index (κ2) is 5.11. The third-order valence-electron chi connectivity index (χ3n) is 4.85. The van der Waals surface area contributed by atoms with E-state index < -0.39 is 4.92 Å². The molecule has 0 aromatic heterocycles. The van der Waals surface area contributed by atoms with Gasteiger partial charge in [0.2, 0.25) is 0 Å². The number of rotatable bonds is 2.